The van der Waals surface area contributed by atoms with Crippen molar-refractivity contribution >= 4 is 17.9 Å². The number of nitriles is 1. The molecule has 1 aromatic rings. The summed E-state index contributed by atoms with van der Waals surface area (Å²) in [5.74, 6) is 0. The van der Waals surface area contributed by atoms with Crippen LogP contribution in [-0.4, -0.2) is 47.8 Å². The number of piperazine rings is 1. The van der Waals surface area contributed by atoms with E-state index in [1.807, 2.05) is 46.8 Å². The van der Waals surface area contributed by atoms with Gasteiger partial charge in [-0.15, -0.1) is 0 Å². The maximum Gasteiger partial charge on any atom is 0.410 e. The van der Waals surface area contributed by atoms with Crippen molar-refractivity contribution in [3.63, 3.8) is 0 Å². The van der Waals surface area contributed by atoms with E-state index in [-0.39, 0.29) is 6.09 Å². The normalized spacial score (nSPS) is 14.7. The van der Waals surface area contributed by atoms with E-state index in [0.717, 1.165) is 11.3 Å². The van der Waals surface area contributed by atoms with Gasteiger partial charge in [-0.05, 0) is 46.2 Å². The standard InChI is InChI=1S/C19H26N4O2/c1-14(2)10-15-11-17(16(12-20)21-13-15)22-6-8-23(9-7-22)18(24)25-19(3,4)5/h10-11,13H,6-9H2,1-5H3. The highest BCUT2D eigenvalue weighted by molar-refractivity contribution is 5.69. The third-order valence-corrected chi connectivity index (χ3v) is 3.72. The second kappa shape index (κ2) is 7.56. The number of aromatic nitrogens is 1. The average molecular weight is 342 g/mol. The Hall–Kier alpha value is -2.55. The van der Waals surface area contributed by atoms with Crippen molar-refractivity contribution in [1.82, 2.24) is 9.88 Å². The van der Waals surface area contributed by atoms with Gasteiger partial charge in [0.15, 0.2) is 5.69 Å². The molecule has 0 spiro atoms. The van der Waals surface area contributed by atoms with Crippen LogP contribution in [0.15, 0.2) is 17.8 Å². The van der Waals surface area contributed by atoms with Crippen molar-refractivity contribution in [3.05, 3.63) is 29.1 Å². The largest absolute Gasteiger partial charge is 0.444 e. The molecule has 0 aromatic carbocycles. The van der Waals surface area contributed by atoms with Gasteiger partial charge in [-0.3, -0.25) is 0 Å². The Morgan fingerprint density at radius 3 is 2.44 bits per heavy atom. The molecular formula is C19H26N4O2. The Morgan fingerprint density at radius 1 is 1.28 bits per heavy atom. The summed E-state index contributed by atoms with van der Waals surface area (Å²) in [4.78, 5) is 20.3. The van der Waals surface area contributed by atoms with Crippen LogP contribution in [0.3, 0.4) is 0 Å². The first-order valence-corrected chi connectivity index (χ1v) is 8.47. The first-order valence-electron chi connectivity index (χ1n) is 8.47. The lowest BCUT2D eigenvalue weighted by molar-refractivity contribution is 0.0240. The quantitative estimate of drug-likeness (QED) is 0.823. The maximum absolute atomic E-state index is 12.2. The third kappa shape index (κ3) is 5.21. The van der Waals surface area contributed by atoms with Crippen LogP contribution in [0.5, 0.6) is 0 Å². The molecule has 1 aromatic heterocycles. The zero-order valence-corrected chi connectivity index (χ0v) is 15.7. The van der Waals surface area contributed by atoms with E-state index in [1.165, 1.54) is 5.57 Å². The maximum atomic E-state index is 12.2. The van der Waals surface area contributed by atoms with Crippen LogP contribution in [0.4, 0.5) is 10.5 Å². The molecular weight excluding hydrogens is 316 g/mol. The van der Waals surface area contributed by atoms with Gasteiger partial charge >= 0.3 is 6.09 Å². The second-order valence-corrected chi connectivity index (χ2v) is 7.42. The minimum absolute atomic E-state index is 0.288. The first-order chi connectivity index (χ1) is 11.7. The van der Waals surface area contributed by atoms with Gasteiger partial charge < -0.3 is 14.5 Å². The highest BCUT2D eigenvalue weighted by Gasteiger charge is 2.27. The number of allylic oxidation sites excluding steroid dienone is 1. The lowest BCUT2D eigenvalue weighted by atomic mass is 10.1. The lowest BCUT2D eigenvalue weighted by Gasteiger charge is -2.36. The molecule has 2 heterocycles. The van der Waals surface area contributed by atoms with Crippen LogP contribution >= 0.6 is 0 Å². The molecule has 0 N–H and O–H groups in total. The van der Waals surface area contributed by atoms with E-state index < -0.39 is 5.60 Å². The Bertz CT molecular complexity index is 701. The number of hydrogen-bond acceptors (Lipinski definition) is 5. The molecule has 0 unspecified atom stereocenters. The summed E-state index contributed by atoms with van der Waals surface area (Å²) in [6, 6.07) is 4.15. The molecule has 0 bridgehead atoms. The minimum atomic E-state index is -0.495. The number of carbonyl (C=O) groups excluding carboxylic acids is 1. The van der Waals surface area contributed by atoms with Crippen molar-refractivity contribution in [2.24, 2.45) is 0 Å². The van der Waals surface area contributed by atoms with Gasteiger partial charge in [-0.1, -0.05) is 11.6 Å². The summed E-state index contributed by atoms with van der Waals surface area (Å²) in [5.41, 5.74) is 2.89. The highest BCUT2D eigenvalue weighted by Crippen LogP contribution is 2.23. The summed E-state index contributed by atoms with van der Waals surface area (Å²) in [6.45, 7) is 12.1. The summed E-state index contributed by atoms with van der Waals surface area (Å²) < 4.78 is 5.42. The minimum Gasteiger partial charge on any atom is -0.444 e. The van der Waals surface area contributed by atoms with E-state index in [0.29, 0.717) is 31.9 Å². The summed E-state index contributed by atoms with van der Waals surface area (Å²) in [6.07, 6.45) is 3.46. The molecule has 25 heavy (non-hydrogen) atoms. The fourth-order valence-electron chi connectivity index (χ4n) is 2.66. The van der Waals surface area contributed by atoms with Crippen LogP contribution in [0, 0.1) is 11.3 Å². The van der Waals surface area contributed by atoms with E-state index in [2.05, 4.69) is 16.0 Å². The number of carbonyl (C=O) groups is 1. The average Bonchev–Trinajstić information content (AvgIpc) is 2.53. The number of hydrogen-bond donors (Lipinski definition) is 0. The van der Waals surface area contributed by atoms with Gasteiger partial charge in [0.25, 0.3) is 0 Å². The van der Waals surface area contributed by atoms with Gasteiger partial charge in [-0.2, -0.15) is 5.26 Å². The predicted molar refractivity (Wildman–Crippen MR) is 98.3 cm³/mol. The number of pyridine rings is 1. The van der Waals surface area contributed by atoms with Crippen LogP contribution in [0.1, 0.15) is 45.9 Å². The first kappa shape index (κ1) is 18.8. The second-order valence-electron chi connectivity index (χ2n) is 7.42. The molecule has 1 aliphatic heterocycles. The molecule has 1 saturated heterocycles. The van der Waals surface area contributed by atoms with E-state index in [4.69, 9.17) is 4.74 Å². The number of anilines is 1. The van der Waals surface area contributed by atoms with Crippen molar-refractivity contribution in [3.8, 4) is 6.07 Å². The Labute approximate surface area is 149 Å². The van der Waals surface area contributed by atoms with Crippen LogP contribution in [-0.2, 0) is 4.74 Å². The van der Waals surface area contributed by atoms with Crippen molar-refractivity contribution in [2.75, 3.05) is 31.1 Å². The summed E-state index contributed by atoms with van der Waals surface area (Å²) in [5, 5.41) is 9.35. The molecule has 6 nitrogen and oxygen atoms in total. The monoisotopic (exact) mass is 342 g/mol. The molecule has 1 aliphatic rings. The molecule has 0 atom stereocenters. The smallest absolute Gasteiger partial charge is 0.410 e. The van der Waals surface area contributed by atoms with Crippen LogP contribution < -0.4 is 4.90 Å². The Kier molecular flexibility index (Phi) is 5.68. The molecule has 0 radical (unpaired) electrons. The molecule has 1 fully saturated rings. The topological polar surface area (TPSA) is 69.5 Å². The SMILES string of the molecule is CC(C)=Cc1cnc(C#N)c(N2CCN(C(=O)OC(C)(C)C)CC2)c1. The molecule has 1 amide bonds. The number of amides is 1. The number of ether oxygens (including phenoxy) is 1. The molecule has 0 saturated carbocycles. The fourth-order valence-corrected chi connectivity index (χ4v) is 2.66. The van der Waals surface area contributed by atoms with E-state index in [9.17, 15) is 10.1 Å². The number of rotatable bonds is 2. The fraction of sp³-hybridized carbons (Fsp3) is 0.526. The highest BCUT2D eigenvalue weighted by atomic mass is 16.6. The zero-order chi connectivity index (χ0) is 18.6. The van der Waals surface area contributed by atoms with Crippen molar-refractivity contribution < 1.29 is 9.53 Å². The predicted octanol–water partition coefficient (Wildman–Crippen LogP) is 3.43. The molecule has 6 heteroatoms. The van der Waals surface area contributed by atoms with Gasteiger partial charge in [0.2, 0.25) is 0 Å². The lowest BCUT2D eigenvalue weighted by Crippen LogP contribution is -2.50. The third-order valence-electron chi connectivity index (χ3n) is 3.72. The van der Waals surface area contributed by atoms with E-state index >= 15 is 0 Å². The van der Waals surface area contributed by atoms with Gasteiger partial charge in [0.1, 0.15) is 11.7 Å². The van der Waals surface area contributed by atoms with Crippen LogP contribution in [0.25, 0.3) is 6.08 Å². The van der Waals surface area contributed by atoms with E-state index in [1.54, 1.807) is 11.1 Å². The van der Waals surface area contributed by atoms with Gasteiger partial charge in [-0.25, -0.2) is 9.78 Å². The van der Waals surface area contributed by atoms with Crippen molar-refractivity contribution in [2.45, 2.75) is 40.2 Å². The summed E-state index contributed by atoms with van der Waals surface area (Å²) >= 11 is 0. The molecule has 2 rings (SSSR count). The molecule has 0 aliphatic carbocycles. The van der Waals surface area contributed by atoms with Crippen LogP contribution in [0.2, 0.25) is 0 Å². The Morgan fingerprint density at radius 2 is 1.92 bits per heavy atom. The zero-order valence-electron chi connectivity index (χ0n) is 15.7. The Balaban J connectivity index is 2.11. The number of nitrogens with zero attached hydrogens (tertiary/aromatic N) is 4. The van der Waals surface area contributed by atoms with Gasteiger partial charge in [0.05, 0.1) is 5.69 Å². The molecule has 134 valence electrons. The van der Waals surface area contributed by atoms with Crippen molar-refractivity contribution in [1.29, 1.82) is 5.26 Å². The van der Waals surface area contributed by atoms with Gasteiger partial charge in [0, 0.05) is 32.4 Å². The summed E-state index contributed by atoms with van der Waals surface area (Å²) in [7, 11) is 0.